The van der Waals surface area contributed by atoms with Crippen molar-refractivity contribution in [1.82, 2.24) is 10.3 Å². The van der Waals surface area contributed by atoms with Crippen molar-refractivity contribution in [3.63, 3.8) is 0 Å². The zero-order valence-corrected chi connectivity index (χ0v) is 11.7. The van der Waals surface area contributed by atoms with Gasteiger partial charge in [0.1, 0.15) is 11.3 Å². The molecule has 0 atom stereocenters. The maximum atomic E-state index is 5.86. The minimum Gasteiger partial charge on any atom is -0.497 e. The Balaban J connectivity index is 1.57. The molecule has 1 fully saturated rings. The highest BCUT2D eigenvalue weighted by atomic mass is 16.5. The predicted molar refractivity (Wildman–Crippen MR) is 76.1 cm³/mol. The molecule has 1 aliphatic heterocycles. The molecule has 5 heteroatoms. The number of aromatic nitrogens is 1. The first-order valence-corrected chi connectivity index (χ1v) is 7.11. The highest BCUT2D eigenvalue weighted by molar-refractivity contribution is 5.74. The molecule has 0 unspecified atom stereocenters. The van der Waals surface area contributed by atoms with Crippen molar-refractivity contribution in [2.24, 2.45) is 0 Å². The van der Waals surface area contributed by atoms with E-state index in [0.29, 0.717) is 19.1 Å². The molecule has 2 heterocycles. The predicted octanol–water partition coefficient (Wildman–Crippen LogP) is 2.15. The van der Waals surface area contributed by atoms with Gasteiger partial charge in [-0.3, -0.25) is 0 Å². The van der Waals surface area contributed by atoms with Gasteiger partial charge in [0.05, 0.1) is 19.8 Å². The Bertz CT molecular complexity index is 561. The smallest absolute Gasteiger partial charge is 0.197 e. The van der Waals surface area contributed by atoms with E-state index in [1.165, 1.54) is 0 Å². The molecule has 3 rings (SSSR count). The van der Waals surface area contributed by atoms with Gasteiger partial charge in [-0.2, -0.15) is 0 Å². The second-order valence-electron chi connectivity index (χ2n) is 5.01. The molecule has 2 aromatic rings. The van der Waals surface area contributed by atoms with Crippen LogP contribution >= 0.6 is 0 Å². The molecule has 20 heavy (non-hydrogen) atoms. The Kier molecular flexibility index (Phi) is 4.18. The number of ether oxygens (including phenoxy) is 2. The Labute approximate surface area is 118 Å². The Morgan fingerprint density at radius 2 is 2.20 bits per heavy atom. The van der Waals surface area contributed by atoms with Crippen LogP contribution in [0.4, 0.5) is 0 Å². The van der Waals surface area contributed by atoms with Crippen LogP contribution in [-0.4, -0.2) is 37.9 Å². The molecule has 5 nitrogen and oxygen atoms in total. The molecule has 0 amide bonds. The minimum atomic E-state index is 0.376. The number of oxazole rings is 1. The monoisotopic (exact) mass is 276 g/mol. The molecule has 0 aliphatic carbocycles. The average Bonchev–Trinajstić information content (AvgIpc) is 2.90. The van der Waals surface area contributed by atoms with Crippen LogP contribution in [0, 0.1) is 0 Å². The van der Waals surface area contributed by atoms with Crippen LogP contribution in [0.5, 0.6) is 5.75 Å². The quantitative estimate of drug-likeness (QED) is 0.906. The van der Waals surface area contributed by atoms with Crippen LogP contribution in [0.25, 0.3) is 11.1 Å². The molecular formula is C15H20N2O3. The van der Waals surface area contributed by atoms with Gasteiger partial charge in [-0.25, -0.2) is 4.98 Å². The molecule has 1 N–H and O–H groups in total. The Hall–Kier alpha value is -1.59. The van der Waals surface area contributed by atoms with E-state index in [1.54, 1.807) is 7.11 Å². The number of methoxy groups -OCH3 is 1. The second-order valence-corrected chi connectivity index (χ2v) is 5.01. The standard InChI is InChI=1S/C15H20N2O3/c1-18-12-2-3-13-14(10-12)20-15(17-13)6-9-19-11-4-7-16-8-5-11/h2-3,10-11,16H,4-9H2,1H3. The summed E-state index contributed by atoms with van der Waals surface area (Å²) in [4.78, 5) is 4.46. The first-order valence-electron chi connectivity index (χ1n) is 7.11. The fourth-order valence-electron chi connectivity index (χ4n) is 2.46. The van der Waals surface area contributed by atoms with Gasteiger partial charge < -0.3 is 19.2 Å². The van der Waals surface area contributed by atoms with Gasteiger partial charge in [-0.15, -0.1) is 0 Å². The number of hydrogen-bond donors (Lipinski definition) is 1. The summed E-state index contributed by atoms with van der Waals surface area (Å²) in [6, 6.07) is 5.66. The summed E-state index contributed by atoms with van der Waals surface area (Å²) in [7, 11) is 1.64. The molecule has 108 valence electrons. The lowest BCUT2D eigenvalue weighted by Gasteiger charge is -2.22. The SMILES string of the molecule is COc1ccc2nc(CCOC3CCNCC3)oc2c1. The third-order valence-corrected chi connectivity index (χ3v) is 3.60. The second kappa shape index (κ2) is 6.24. The van der Waals surface area contributed by atoms with Crippen LogP contribution in [0.1, 0.15) is 18.7 Å². The molecule has 1 aliphatic rings. The summed E-state index contributed by atoms with van der Waals surface area (Å²) in [5.74, 6) is 1.51. The first-order chi connectivity index (χ1) is 9.85. The summed E-state index contributed by atoms with van der Waals surface area (Å²) in [6.07, 6.45) is 3.26. The van der Waals surface area contributed by atoms with Crippen molar-refractivity contribution in [3.8, 4) is 5.75 Å². The van der Waals surface area contributed by atoms with Crippen LogP contribution < -0.4 is 10.1 Å². The molecule has 0 radical (unpaired) electrons. The van der Waals surface area contributed by atoms with Crippen molar-refractivity contribution < 1.29 is 13.9 Å². The first kappa shape index (κ1) is 13.4. The summed E-state index contributed by atoms with van der Waals surface area (Å²) in [6.45, 7) is 2.76. The molecule has 0 spiro atoms. The van der Waals surface area contributed by atoms with Crippen molar-refractivity contribution in [1.29, 1.82) is 0 Å². The summed E-state index contributed by atoms with van der Waals surface area (Å²) in [5.41, 5.74) is 1.63. The number of nitrogens with zero attached hydrogens (tertiary/aromatic N) is 1. The highest BCUT2D eigenvalue weighted by Crippen LogP contribution is 2.21. The van der Waals surface area contributed by atoms with E-state index in [9.17, 15) is 0 Å². The molecule has 0 bridgehead atoms. The molecular weight excluding hydrogens is 256 g/mol. The minimum absolute atomic E-state index is 0.376. The third-order valence-electron chi connectivity index (χ3n) is 3.60. The normalized spacial score (nSPS) is 16.6. The van der Waals surface area contributed by atoms with E-state index in [-0.39, 0.29) is 0 Å². The molecule has 0 saturated carbocycles. The number of fused-ring (bicyclic) bond motifs is 1. The summed E-state index contributed by atoms with van der Waals surface area (Å²) < 4.78 is 16.8. The van der Waals surface area contributed by atoms with Gasteiger partial charge >= 0.3 is 0 Å². The van der Waals surface area contributed by atoms with E-state index in [1.807, 2.05) is 18.2 Å². The number of piperidine rings is 1. The lowest BCUT2D eigenvalue weighted by Crippen LogP contribution is -2.32. The van der Waals surface area contributed by atoms with Crippen LogP contribution in [0.3, 0.4) is 0 Å². The summed E-state index contributed by atoms with van der Waals surface area (Å²) in [5, 5.41) is 3.33. The van der Waals surface area contributed by atoms with E-state index in [2.05, 4.69) is 10.3 Å². The van der Waals surface area contributed by atoms with Crippen molar-refractivity contribution in [3.05, 3.63) is 24.1 Å². The van der Waals surface area contributed by atoms with Crippen molar-refractivity contribution in [2.45, 2.75) is 25.4 Å². The van der Waals surface area contributed by atoms with Gasteiger partial charge in [-0.05, 0) is 38.1 Å². The van der Waals surface area contributed by atoms with Gasteiger partial charge in [0.25, 0.3) is 0 Å². The lowest BCUT2D eigenvalue weighted by molar-refractivity contribution is 0.0328. The van der Waals surface area contributed by atoms with E-state index in [4.69, 9.17) is 13.9 Å². The van der Waals surface area contributed by atoms with Crippen molar-refractivity contribution in [2.75, 3.05) is 26.8 Å². The van der Waals surface area contributed by atoms with Crippen molar-refractivity contribution >= 4 is 11.1 Å². The fourth-order valence-corrected chi connectivity index (χ4v) is 2.46. The summed E-state index contributed by atoms with van der Waals surface area (Å²) >= 11 is 0. The van der Waals surface area contributed by atoms with Gasteiger partial charge in [0, 0.05) is 12.5 Å². The van der Waals surface area contributed by atoms with Gasteiger partial charge in [-0.1, -0.05) is 0 Å². The third kappa shape index (κ3) is 3.11. The van der Waals surface area contributed by atoms with E-state index >= 15 is 0 Å². The average molecular weight is 276 g/mol. The Morgan fingerprint density at radius 3 is 3.00 bits per heavy atom. The number of hydrogen-bond acceptors (Lipinski definition) is 5. The lowest BCUT2D eigenvalue weighted by atomic mass is 10.1. The number of rotatable bonds is 5. The van der Waals surface area contributed by atoms with Crippen LogP contribution in [-0.2, 0) is 11.2 Å². The topological polar surface area (TPSA) is 56.5 Å². The largest absolute Gasteiger partial charge is 0.497 e. The molecule has 1 saturated heterocycles. The fraction of sp³-hybridized carbons (Fsp3) is 0.533. The zero-order chi connectivity index (χ0) is 13.8. The van der Waals surface area contributed by atoms with Crippen LogP contribution in [0.2, 0.25) is 0 Å². The highest BCUT2D eigenvalue weighted by Gasteiger charge is 2.14. The maximum absolute atomic E-state index is 5.86. The van der Waals surface area contributed by atoms with Gasteiger partial charge in [0.2, 0.25) is 0 Å². The molecule has 1 aromatic carbocycles. The van der Waals surface area contributed by atoms with E-state index < -0.39 is 0 Å². The maximum Gasteiger partial charge on any atom is 0.197 e. The number of benzene rings is 1. The Morgan fingerprint density at radius 1 is 1.35 bits per heavy atom. The zero-order valence-electron chi connectivity index (χ0n) is 11.7. The van der Waals surface area contributed by atoms with E-state index in [0.717, 1.165) is 48.7 Å². The van der Waals surface area contributed by atoms with Gasteiger partial charge in [0.15, 0.2) is 11.5 Å². The molecule has 1 aromatic heterocycles. The van der Waals surface area contributed by atoms with Crippen LogP contribution in [0.15, 0.2) is 22.6 Å². The number of nitrogens with one attached hydrogen (secondary N) is 1.